The average molecular weight is 460 g/mol. The Morgan fingerprint density at radius 1 is 1.21 bits per heavy atom. The molecule has 3 aliphatic heterocycles. The van der Waals surface area contributed by atoms with Crippen LogP contribution in [0.25, 0.3) is 0 Å². The first-order valence-electron chi connectivity index (χ1n) is 11.8. The first-order chi connectivity index (χ1) is 16.6. The van der Waals surface area contributed by atoms with Crippen LogP contribution in [-0.2, 0) is 17.9 Å². The highest BCUT2D eigenvalue weighted by Crippen LogP contribution is 2.47. The lowest BCUT2D eigenvalue weighted by atomic mass is 9.74. The third kappa shape index (κ3) is 3.47. The standard InChI is InChI=1S/C25H26FN7O/c1-2-32-25(28-15-30-32)23-20(17-6-4-16(5-7-17)14-31-8-3-9-31)10-18-12-29-33(26)21-11-19(34)13-27-24(23)22(18)21/h4-7,10-12,15,20,23,27H,2-3,8-9,13-14H2,1H3. The minimum atomic E-state index is -0.253. The van der Waals surface area contributed by atoms with Crippen molar-refractivity contribution in [1.82, 2.24) is 30.2 Å². The number of halogens is 1. The van der Waals surface area contributed by atoms with Crippen LogP contribution in [-0.4, -0.2) is 56.5 Å². The van der Waals surface area contributed by atoms with E-state index >= 15 is 0 Å². The third-order valence-corrected chi connectivity index (χ3v) is 7.03. The summed E-state index contributed by atoms with van der Waals surface area (Å²) in [4.78, 5) is 19.5. The molecule has 1 N–H and O–H groups in total. The fourth-order valence-electron chi connectivity index (χ4n) is 5.21. The molecule has 8 nitrogen and oxygen atoms in total. The van der Waals surface area contributed by atoms with E-state index in [1.54, 1.807) is 6.33 Å². The number of nitrogens with one attached hydrogen (secondary N) is 1. The van der Waals surface area contributed by atoms with E-state index in [-0.39, 0.29) is 35.1 Å². The summed E-state index contributed by atoms with van der Waals surface area (Å²) in [5.74, 6) is 0.243. The van der Waals surface area contributed by atoms with Gasteiger partial charge in [-0.2, -0.15) is 5.10 Å². The molecule has 9 heteroatoms. The van der Waals surface area contributed by atoms with Crippen molar-refractivity contribution in [3.05, 3.63) is 82.2 Å². The fourth-order valence-corrected chi connectivity index (χ4v) is 5.21. The molecular weight excluding hydrogens is 433 g/mol. The van der Waals surface area contributed by atoms with Crippen molar-refractivity contribution in [2.75, 3.05) is 19.6 Å². The molecule has 1 aromatic carbocycles. The predicted molar refractivity (Wildman–Crippen MR) is 125 cm³/mol. The molecule has 0 saturated carbocycles. The molecule has 1 saturated heterocycles. The lowest BCUT2D eigenvalue weighted by Crippen LogP contribution is -2.36. The summed E-state index contributed by atoms with van der Waals surface area (Å²) < 4.78 is 16.6. The van der Waals surface area contributed by atoms with Crippen molar-refractivity contribution in [2.45, 2.75) is 38.3 Å². The van der Waals surface area contributed by atoms with Crippen LogP contribution >= 0.6 is 0 Å². The highest BCUT2D eigenvalue weighted by Gasteiger charge is 2.41. The van der Waals surface area contributed by atoms with Crippen LogP contribution in [0.4, 0.5) is 4.48 Å². The number of likely N-dealkylation sites (tertiary alicyclic amines) is 1. The molecule has 0 radical (unpaired) electrons. The van der Waals surface area contributed by atoms with E-state index in [0.717, 1.165) is 42.3 Å². The second-order valence-corrected chi connectivity index (χ2v) is 9.07. The molecule has 2 atom stereocenters. The zero-order valence-corrected chi connectivity index (χ0v) is 19.0. The Morgan fingerprint density at radius 2 is 2.03 bits per heavy atom. The second kappa shape index (κ2) is 8.32. The number of benzene rings is 1. The van der Waals surface area contributed by atoms with Crippen LogP contribution in [0.3, 0.4) is 0 Å². The number of carbonyl (C=O) groups is 1. The SMILES string of the molecule is CCn1ncnc1C1C2=C3C(=CC1c1ccc(CN4CCC4)cc1)C=NN(F)C3=CC(=O)CN2. The molecule has 4 aliphatic rings. The van der Waals surface area contributed by atoms with Crippen LogP contribution in [0.5, 0.6) is 0 Å². The van der Waals surface area contributed by atoms with Crippen LogP contribution in [0.15, 0.2) is 70.4 Å². The van der Waals surface area contributed by atoms with E-state index in [0.29, 0.717) is 12.1 Å². The molecule has 6 rings (SSSR count). The molecule has 1 aromatic heterocycles. The highest BCUT2D eigenvalue weighted by atomic mass is 19.2. The number of hydrogen-bond acceptors (Lipinski definition) is 7. The van der Waals surface area contributed by atoms with Crippen molar-refractivity contribution in [1.29, 1.82) is 0 Å². The first kappa shape index (κ1) is 21.0. The lowest BCUT2D eigenvalue weighted by Gasteiger charge is -2.36. The van der Waals surface area contributed by atoms with Gasteiger partial charge in [0.1, 0.15) is 17.8 Å². The van der Waals surface area contributed by atoms with Crippen LogP contribution in [0.2, 0.25) is 0 Å². The molecule has 174 valence electrons. The molecular formula is C25H26FN7O. The zero-order chi connectivity index (χ0) is 23.2. The maximum absolute atomic E-state index is 14.7. The number of nitrogens with zero attached hydrogens (tertiary/aromatic N) is 6. The fraction of sp³-hybridized carbons (Fsp3) is 0.360. The Balaban J connectivity index is 1.47. The summed E-state index contributed by atoms with van der Waals surface area (Å²) in [5, 5.41) is 11.9. The Morgan fingerprint density at radius 3 is 2.76 bits per heavy atom. The number of rotatable bonds is 5. The number of hydrazone groups is 1. The highest BCUT2D eigenvalue weighted by molar-refractivity contribution is 5.97. The van der Waals surface area contributed by atoms with Crippen molar-refractivity contribution in [3.63, 3.8) is 0 Å². The van der Waals surface area contributed by atoms with Gasteiger partial charge in [0.2, 0.25) is 0 Å². The van der Waals surface area contributed by atoms with E-state index in [4.69, 9.17) is 0 Å². The van der Waals surface area contributed by atoms with Gasteiger partial charge in [-0.1, -0.05) is 40.1 Å². The summed E-state index contributed by atoms with van der Waals surface area (Å²) in [5.41, 5.74) is 4.81. The van der Waals surface area contributed by atoms with Crippen molar-refractivity contribution in [3.8, 4) is 0 Å². The Bertz CT molecular complexity index is 1250. The third-order valence-electron chi connectivity index (χ3n) is 7.03. The van der Waals surface area contributed by atoms with Gasteiger partial charge < -0.3 is 5.32 Å². The van der Waals surface area contributed by atoms with Gasteiger partial charge in [-0.25, -0.2) is 9.67 Å². The van der Waals surface area contributed by atoms with Gasteiger partial charge in [0.05, 0.1) is 18.7 Å². The smallest absolute Gasteiger partial charge is 0.176 e. The van der Waals surface area contributed by atoms with Gasteiger partial charge in [-0.05, 0) is 37.6 Å². The Hall–Kier alpha value is -3.59. The number of carbonyl (C=O) groups excluding carboxylic acids is 1. The van der Waals surface area contributed by atoms with Gasteiger partial charge in [-0.15, -0.1) is 5.10 Å². The van der Waals surface area contributed by atoms with Crippen molar-refractivity contribution < 1.29 is 9.28 Å². The summed E-state index contributed by atoms with van der Waals surface area (Å²) in [6.07, 6.45) is 7.79. The van der Waals surface area contributed by atoms with Gasteiger partial charge in [0, 0.05) is 41.9 Å². The number of ketones is 1. The largest absolute Gasteiger partial charge is 0.380 e. The number of hydrogen-bond donors (Lipinski definition) is 1. The van der Waals surface area contributed by atoms with Gasteiger partial charge >= 0.3 is 0 Å². The van der Waals surface area contributed by atoms with Gasteiger partial charge in [-0.3, -0.25) is 9.69 Å². The lowest BCUT2D eigenvalue weighted by molar-refractivity contribution is -0.113. The minimum absolute atomic E-state index is 0.0825. The summed E-state index contributed by atoms with van der Waals surface area (Å²) in [6, 6.07) is 8.71. The van der Waals surface area contributed by atoms with E-state index in [1.807, 2.05) is 11.6 Å². The van der Waals surface area contributed by atoms with Crippen molar-refractivity contribution in [2.24, 2.45) is 5.10 Å². The topological polar surface area (TPSA) is 78.7 Å². The van der Waals surface area contributed by atoms with Crippen molar-refractivity contribution >= 4 is 12.0 Å². The summed E-state index contributed by atoms with van der Waals surface area (Å²) in [7, 11) is 0. The normalized spacial score (nSPS) is 24.2. The van der Waals surface area contributed by atoms with E-state index in [1.165, 1.54) is 24.3 Å². The number of allylic oxidation sites excluding steroid dienone is 3. The van der Waals surface area contributed by atoms with Gasteiger partial charge in [0.15, 0.2) is 5.78 Å². The average Bonchev–Trinajstić information content (AvgIpc) is 3.22. The van der Waals surface area contributed by atoms with E-state index in [9.17, 15) is 9.28 Å². The van der Waals surface area contributed by atoms with Crippen LogP contribution in [0.1, 0.15) is 42.1 Å². The second-order valence-electron chi connectivity index (χ2n) is 9.07. The molecule has 1 fully saturated rings. The molecule has 0 amide bonds. The molecule has 2 aromatic rings. The summed E-state index contributed by atoms with van der Waals surface area (Å²) in [6.45, 7) is 6.05. The van der Waals surface area contributed by atoms with E-state index < -0.39 is 0 Å². The molecule has 0 spiro atoms. The minimum Gasteiger partial charge on any atom is -0.380 e. The molecule has 34 heavy (non-hydrogen) atoms. The first-order valence-corrected chi connectivity index (χ1v) is 11.8. The maximum atomic E-state index is 14.7. The molecule has 1 aliphatic carbocycles. The Kier molecular flexibility index (Phi) is 5.13. The quantitative estimate of drug-likeness (QED) is 0.693. The molecule has 0 bridgehead atoms. The zero-order valence-electron chi connectivity index (χ0n) is 19.0. The van der Waals surface area contributed by atoms with Crippen LogP contribution < -0.4 is 5.32 Å². The summed E-state index contributed by atoms with van der Waals surface area (Å²) >= 11 is 0. The monoisotopic (exact) mass is 459 g/mol. The maximum Gasteiger partial charge on any atom is 0.176 e. The Labute approximate surface area is 197 Å². The van der Waals surface area contributed by atoms with E-state index in [2.05, 4.69) is 55.7 Å². The molecule has 2 unspecified atom stereocenters. The number of aromatic nitrogens is 3. The van der Waals surface area contributed by atoms with Gasteiger partial charge in [0.25, 0.3) is 0 Å². The van der Waals surface area contributed by atoms with Crippen LogP contribution in [0, 0.1) is 0 Å². The predicted octanol–water partition coefficient (Wildman–Crippen LogP) is 2.81. The molecule has 4 heterocycles. The number of aryl methyl sites for hydroxylation is 1.